The zero-order chi connectivity index (χ0) is 19.8. The summed E-state index contributed by atoms with van der Waals surface area (Å²) in [6.07, 6.45) is 1.45. The third kappa shape index (κ3) is 3.72. The highest BCUT2D eigenvalue weighted by molar-refractivity contribution is 5.76. The van der Waals surface area contributed by atoms with Gasteiger partial charge in [0.1, 0.15) is 5.65 Å². The number of fused-ring (bicyclic) bond motifs is 1. The van der Waals surface area contributed by atoms with Crippen LogP contribution in [0, 0.1) is 11.6 Å². The van der Waals surface area contributed by atoms with Crippen LogP contribution in [0.5, 0.6) is 11.5 Å². The van der Waals surface area contributed by atoms with E-state index >= 15 is 0 Å². The number of halogens is 2. The summed E-state index contributed by atoms with van der Waals surface area (Å²) in [5.74, 6) is -2.52. The first kappa shape index (κ1) is 18.7. The Hall–Kier alpha value is -3.07. The summed E-state index contributed by atoms with van der Waals surface area (Å²) in [6.45, 7) is 3.38. The number of nitrogens with zero attached hydrogens (tertiary/aromatic N) is 3. The summed E-state index contributed by atoms with van der Waals surface area (Å²) < 4.78 is 34.0. The molecule has 0 fully saturated rings. The van der Waals surface area contributed by atoms with Crippen LogP contribution < -0.4 is 15.6 Å². The van der Waals surface area contributed by atoms with E-state index in [-0.39, 0.29) is 18.3 Å². The number of para-hydroxylation sites is 1. The molecule has 2 aromatic heterocycles. The molecule has 1 aromatic carbocycles. The lowest BCUT2D eigenvalue weighted by molar-refractivity contribution is 0.233. The molecule has 142 valence electrons. The average Bonchev–Trinajstić information content (AvgIpc) is 2.62. The largest absolute Gasteiger partial charge is 0.445 e. The van der Waals surface area contributed by atoms with Crippen LogP contribution in [0.2, 0.25) is 0 Å². The van der Waals surface area contributed by atoms with Gasteiger partial charge in [-0.3, -0.25) is 9.36 Å². The zero-order valence-corrected chi connectivity index (χ0v) is 15.0. The number of anilines is 1. The summed E-state index contributed by atoms with van der Waals surface area (Å²) in [5, 5.41) is 12.7. The van der Waals surface area contributed by atoms with Gasteiger partial charge in [0.15, 0.2) is 23.1 Å². The lowest BCUT2D eigenvalue weighted by Gasteiger charge is -2.23. The van der Waals surface area contributed by atoms with Crippen molar-refractivity contribution in [1.29, 1.82) is 0 Å². The normalized spacial score (nSPS) is 11.6. The van der Waals surface area contributed by atoms with Crippen LogP contribution in [0.3, 0.4) is 0 Å². The van der Waals surface area contributed by atoms with Crippen molar-refractivity contribution in [2.75, 3.05) is 11.9 Å². The fourth-order valence-electron chi connectivity index (χ4n) is 2.38. The van der Waals surface area contributed by atoms with Crippen molar-refractivity contribution in [1.82, 2.24) is 14.5 Å². The van der Waals surface area contributed by atoms with Crippen LogP contribution in [0.4, 0.5) is 14.7 Å². The number of hydrogen-bond donors (Lipinski definition) is 2. The molecule has 0 unspecified atom stereocenters. The Labute approximate surface area is 153 Å². The second-order valence-electron chi connectivity index (χ2n) is 6.67. The summed E-state index contributed by atoms with van der Waals surface area (Å²) in [7, 11) is 1.46. The summed E-state index contributed by atoms with van der Waals surface area (Å²) in [5.41, 5.74) is -0.971. The van der Waals surface area contributed by atoms with Crippen molar-refractivity contribution < 1.29 is 18.6 Å². The van der Waals surface area contributed by atoms with E-state index in [9.17, 15) is 18.7 Å². The van der Waals surface area contributed by atoms with Crippen molar-refractivity contribution >= 4 is 17.0 Å². The molecule has 0 saturated carbocycles. The van der Waals surface area contributed by atoms with Gasteiger partial charge in [-0.05, 0) is 32.0 Å². The Balaban J connectivity index is 2.05. The number of pyridine rings is 1. The minimum atomic E-state index is -0.917. The molecule has 0 spiro atoms. The fourth-order valence-corrected chi connectivity index (χ4v) is 2.38. The predicted octanol–water partition coefficient (Wildman–Crippen LogP) is 2.58. The number of aliphatic hydroxyl groups is 1. The number of rotatable bonds is 5. The van der Waals surface area contributed by atoms with Crippen LogP contribution in [0.15, 0.2) is 35.3 Å². The number of hydrogen-bond acceptors (Lipinski definition) is 6. The van der Waals surface area contributed by atoms with E-state index in [0.717, 1.165) is 12.1 Å². The van der Waals surface area contributed by atoms with Crippen LogP contribution in [0.25, 0.3) is 11.0 Å². The Morgan fingerprint density at radius 3 is 2.59 bits per heavy atom. The molecule has 2 heterocycles. The van der Waals surface area contributed by atoms with Gasteiger partial charge in [-0.1, -0.05) is 6.07 Å². The lowest BCUT2D eigenvalue weighted by atomic mass is 10.1. The standard InChI is InChI=1S/C18H18F2N4O3/c1-18(2,9-25)23-17-21-8-10-7-13(16(26)24(3)15(10)22-17)27-14-11(19)5-4-6-12(14)20/h4-8,25H,9H2,1-3H3,(H,21,22,23). The van der Waals surface area contributed by atoms with Gasteiger partial charge in [0, 0.05) is 18.6 Å². The molecular formula is C18H18F2N4O3. The minimum absolute atomic E-state index is 0.145. The maximum Gasteiger partial charge on any atom is 0.294 e. The highest BCUT2D eigenvalue weighted by Gasteiger charge is 2.19. The van der Waals surface area contributed by atoms with Crippen LogP contribution in [-0.2, 0) is 7.05 Å². The molecule has 0 amide bonds. The quantitative estimate of drug-likeness (QED) is 0.712. The van der Waals surface area contributed by atoms with Crippen molar-refractivity contribution in [3.8, 4) is 11.5 Å². The SMILES string of the molecule is Cn1c(=O)c(Oc2c(F)cccc2F)cc2cnc(NC(C)(C)CO)nc21. The van der Waals surface area contributed by atoms with Gasteiger partial charge in [-0.25, -0.2) is 13.8 Å². The maximum atomic E-state index is 13.8. The molecule has 0 radical (unpaired) electrons. The van der Waals surface area contributed by atoms with Crippen LogP contribution in [0.1, 0.15) is 13.8 Å². The van der Waals surface area contributed by atoms with Gasteiger partial charge in [-0.2, -0.15) is 4.98 Å². The van der Waals surface area contributed by atoms with Gasteiger partial charge >= 0.3 is 0 Å². The van der Waals surface area contributed by atoms with E-state index in [1.807, 2.05) is 0 Å². The highest BCUT2D eigenvalue weighted by atomic mass is 19.1. The Kier molecular flexibility index (Phi) is 4.79. The molecule has 0 atom stereocenters. The van der Waals surface area contributed by atoms with E-state index in [4.69, 9.17) is 4.74 Å². The predicted molar refractivity (Wildman–Crippen MR) is 96.0 cm³/mol. The fraction of sp³-hybridized carbons (Fsp3) is 0.278. The van der Waals surface area contributed by atoms with Crippen molar-refractivity contribution in [3.05, 3.63) is 52.5 Å². The third-order valence-corrected chi connectivity index (χ3v) is 3.89. The van der Waals surface area contributed by atoms with Crippen molar-refractivity contribution in [3.63, 3.8) is 0 Å². The Bertz CT molecular complexity index is 1050. The zero-order valence-electron chi connectivity index (χ0n) is 15.0. The molecular weight excluding hydrogens is 358 g/mol. The van der Waals surface area contributed by atoms with E-state index in [0.29, 0.717) is 11.0 Å². The van der Waals surface area contributed by atoms with Gasteiger partial charge in [0.05, 0.1) is 12.1 Å². The average molecular weight is 376 g/mol. The summed E-state index contributed by atoms with van der Waals surface area (Å²) in [4.78, 5) is 21.0. The van der Waals surface area contributed by atoms with Crippen molar-refractivity contribution in [2.45, 2.75) is 19.4 Å². The second-order valence-corrected chi connectivity index (χ2v) is 6.67. The van der Waals surface area contributed by atoms with Crippen LogP contribution in [-0.4, -0.2) is 31.8 Å². The number of aryl methyl sites for hydroxylation is 1. The summed E-state index contributed by atoms with van der Waals surface area (Å²) in [6, 6.07) is 4.60. The van der Waals surface area contributed by atoms with E-state index in [1.165, 1.54) is 29.9 Å². The van der Waals surface area contributed by atoms with Gasteiger partial charge in [0.25, 0.3) is 5.56 Å². The lowest BCUT2D eigenvalue weighted by Crippen LogP contribution is -2.35. The van der Waals surface area contributed by atoms with E-state index in [1.54, 1.807) is 13.8 Å². The van der Waals surface area contributed by atoms with Gasteiger partial charge in [-0.15, -0.1) is 0 Å². The van der Waals surface area contributed by atoms with E-state index < -0.39 is 28.5 Å². The molecule has 3 aromatic rings. The van der Waals surface area contributed by atoms with E-state index in [2.05, 4.69) is 15.3 Å². The minimum Gasteiger partial charge on any atom is -0.445 e. The number of benzene rings is 1. The molecule has 0 aliphatic rings. The molecule has 2 N–H and O–H groups in total. The number of aliphatic hydroxyl groups excluding tert-OH is 1. The van der Waals surface area contributed by atoms with Gasteiger partial charge < -0.3 is 15.2 Å². The molecule has 7 nitrogen and oxygen atoms in total. The molecule has 27 heavy (non-hydrogen) atoms. The number of ether oxygens (including phenoxy) is 1. The molecule has 0 aliphatic heterocycles. The monoisotopic (exact) mass is 376 g/mol. The first-order valence-corrected chi connectivity index (χ1v) is 8.09. The molecule has 0 aliphatic carbocycles. The van der Waals surface area contributed by atoms with Crippen LogP contribution >= 0.6 is 0 Å². The molecule has 0 saturated heterocycles. The number of aromatic nitrogens is 3. The molecule has 0 bridgehead atoms. The first-order valence-electron chi connectivity index (χ1n) is 8.09. The Morgan fingerprint density at radius 1 is 1.30 bits per heavy atom. The number of nitrogens with one attached hydrogen (secondary N) is 1. The third-order valence-electron chi connectivity index (χ3n) is 3.89. The maximum absolute atomic E-state index is 13.8. The smallest absolute Gasteiger partial charge is 0.294 e. The first-order chi connectivity index (χ1) is 12.7. The topological polar surface area (TPSA) is 89.3 Å². The molecule has 3 rings (SSSR count). The molecule has 9 heteroatoms. The van der Waals surface area contributed by atoms with Gasteiger partial charge in [0.2, 0.25) is 5.95 Å². The Morgan fingerprint density at radius 2 is 1.96 bits per heavy atom. The van der Waals surface area contributed by atoms with Crippen molar-refractivity contribution in [2.24, 2.45) is 7.05 Å². The highest BCUT2D eigenvalue weighted by Crippen LogP contribution is 2.27. The summed E-state index contributed by atoms with van der Waals surface area (Å²) >= 11 is 0. The second kappa shape index (κ2) is 6.92.